The van der Waals surface area contributed by atoms with Gasteiger partial charge in [0.15, 0.2) is 0 Å². The van der Waals surface area contributed by atoms with Crippen LogP contribution in [0.15, 0.2) is 41.0 Å². The van der Waals surface area contributed by atoms with Crippen LogP contribution in [0.5, 0.6) is 0 Å². The molecule has 0 aliphatic rings. The molecule has 1 heterocycles. The molecule has 1 aromatic carbocycles. The maximum atomic E-state index is 12.0. The van der Waals surface area contributed by atoms with Crippen LogP contribution in [0.2, 0.25) is 0 Å². The lowest BCUT2D eigenvalue weighted by atomic mass is 10.2. The molecular formula is C14H11BrN2O3. The molecule has 102 valence electrons. The molecule has 0 saturated heterocycles. The van der Waals surface area contributed by atoms with Gasteiger partial charge < -0.3 is 10.4 Å². The Morgan fingerprint density at radius 2 is 1.95 bits per heavy atom. The summed E-state index contributed by atoms with van der Waals surface area (Å²) in [6, 6.07) is 7.89. The second kappa shape index (κ2) is 5.83. The molecule has 0 fully saturated rings. The van der Waals surface area contributed by atoms with E-state index in [9.17, 15) is 9.59 Å². The van der Waals surface area contributed by atoms with E-state index in [1.165, 1.54) is 18.3 Å². The van der Waals surface area contributed by atoms with Gasteiger partial charge in [0.2, 0.25) is 0 Å². The number of carboxylic acid groups (broad SMARTS) is 1. The standard InChI is InChI=1S/C14H11BrN2O3/c1-8-2-3-9(7-16-8)13(18)17-12-5-10(14(19)20)4-11(15)6-12/h2-7H,1H3,(H,17,18)(H,19,20). The third-order valence-electron chi connectivity index (χ3n) is 2.58. The van der Waals surface area contributed by atoms with E-state index in [0.717, 1.165) is 5.69 Å². The number of anilines is 1. The minimum Gasteiger partial charge on any atom is -0.478 e. The van der Waals surface area contributed by atoms with Crippen LogP contribution in [0, 0.1) is 6.92 Å². The summed E-state index contributed by atoms with van der Waals surface area (Å²) >= 11 is 3.21. The molecule has 1 amide bonds. The summed E-state index contributed by atoms with van der Waals surface area (Å²) in [6.07, 6.45) is 1.47. The van der Waals surface area contributed by atoms with Crippen LogP contribution in [-0.4, -0.2) is 22.0 Å². The van der Waals surface area contributed by atoms with Crippen molar-refractivity contribution < 1.29 is 14.7 Å². The van der Waals surface area contributed by atoms with Crippen LogP contribution in [0.3, 0.4) is 0 Å². The number of pyridine rings is 1. The van der Waals surface area contributed by atoms with E-state index in [-0.39, 0.29) is 11.5 Å². The van der Waals surface area contributed by atoms with Crippen molar-refractivity contribution in [2.24, 2.45) is 0 Å². The third-order valence-corrected chi connectivity index (χ3v) is 3.03. The highest BCUT2D eigenvalue weighted by atomic mass is 79.9. The average Bonchev–Trinajstić information content (AvgIpc) is 2.38. The fourth-order valence-electron chi connectivity index (χ4n) is 1.59. The van der Waals surface area contributed by atoms with Gasteiger partial charge in [-0.2, -0.15) is 0 Å². The molecule has 0 bridgehead atoms. The number of hydrogen-bond donors (Lipinski definition) is 2. The number of carbonyl (C=O) groups is 2. The smallest absolute Gasteiger partial charge is 0.335 e. The molecular weight excluding hydrogens is 324 g/mol. The quantitative estimate of drug-likeness (QED) is 0.903. The van der Waals surface area contributed by atoms with Crippen molar-refractivity contribution in [2.75, 3.05) is 5.32 Å². The number of amides is 1. The van der Waals surface area contributed by atoms with E-state index in [1.807, 2.05) is 6.92 Å². The van der Waals surface area contributed by atoms with Crippen LogP contribution >= 0.6 is 15.9 Å². The number of aromatic nitrogens is 1. The van der Waals surface area contributed by atoms with Gasteiger partial charge in [0.25, 0.3) is 5.91 Å². The molecule has 6 heteroatoms. The number of nitrogens with zero attached hydrogens (tertiary/aromatic N) is 1. The van der Waals surface area contributed by atoms with Gasteiger partial charge in [0.05, 0.1) is 11.1 Å². The number of rotatable bonds is 3. The van der Waals surface area contributed by atoms with Crippen molar-refractivity contribution in [1.29, 1.82) is 0 Å². The Morgan fingerprint density at radius 3 is 2.55 bits per heavy atom. The summed E-state index contributed by atoms with van der Waals surface area (Å²) in [6.45, 7) is 1.83. The molecule has 0 unspecified atom stereocenters. The Labute approximate surface area is 123 Å². The number of aryl methyl sites for hydroxylation is 1. The van der Waals surface area contributed by atoms with Gasteiger partial charge in [-0.25, -0.2) is 4.79 Å². The second-order valence-corrected chi connectivity index (χ2v) is 5.09. The van der Waals surface area contributed by atoms with E-state index in [1.54, 1.807) is 18.2 Å². The van der Waals surface area contributed by atoms with Crippen LogP contribution < -0.4 is 5.32 Å². The van der Waals surface area contributed by atoms with Crippen molar-refractivity contribution in [1.82, 2.24) is 4.98 Å². The highest BCUT2D eigenvalue weighted by molar-refractivity contribution is 9.10. The molecule has 1 aromatic heterocycles. The Morgan fingerprint density at radius 1 is 1.20 bits per heavy atom. The summed E-state index contributed by atoms with van der Waals surface area (Å²) in [5.74, 6) is -1.40. The normalized spacial score (nSPS) is 10.1. The summed E-state index contributed by atoms with van der Waals surface area (Å²) in [4.78, 5) is 27.0. The van der Waals surface area contributed by atoms with Gasteiger partial charge in [-0.05, 0) is 37.3 Å². The lowest BCUT2D eigenvalue weighted by molar-refractivity contribution is 0.0696. The van der Waals surface area contributed by atoms with Gasteiger partial charge in [-0.1, -0.05) is 15.9 Å². The average molecular weight is 335 g/mol. The summed E-state index contributed by atoms with van der Waals surface area (Å²) in [7, 11) is 0. The van der Waals surface area contributed by atoms with Crippen molar-refractivity contribution in [2.45, 2.75) is 6.92 Å². The molecule has 0 saturated carbocycles. The van der Waals surface area contributed by atoms with E-state index >= 15 is 0 Å². The van der Waals surface area contributed by atoms with E-state index in [2.05, 4.69) is 26.2 Å². The topological polar surface area (TPSA) is 79.3 Å². The first-order valence-electron chi connectivity index (χ1n) is 5.73. The molecule has 0 radical (unpaired) electrons. The SMILES string of the molecule is Cc1ccc(C(=O)Nc2cc(Br)cc(C(=O)O)c2)cn1. The van der Waals surface area contributed by atoms with Gasteiger partial charge in [0.1, 0.15) is 0 Å². The third kappa shape index (κ3) is 3.42. The van der Waals surface area contributed by atoms with Crippen LogP contribution in [-0.2, 0) is 0 Å². The summed E-state index contributed by atoms with van der Waals surface area (Å²) < 4.78 is 0.578. The zero-order valence-electron chi connectivity index (χ0n) is 10.6. The fourth-order valence-corrected chi connectivity index (χ4v) is 2.08. The fraction of sp³-hybridized carbons (Fsp3) is 0.0714. The largest absolute Gasteiger partial charge is 0.478 e. The lowest BCUT2D eigenvalue weighted by Crippen LogP contribution is -2.13. The molecule has 0 aliphatic carbocycles. The lowest BCUT2D eigenvalue weighted by Gasteiger charge is -2.07. The van der Waals surface area contributed by atoms with Crippen LogP contribution in [0.25, 0.3) is 0 Å². The van der Waals surface area contributed by atoms with Gasteiger partial charge in [-0.3, -0.25) is 9.78 Å². The maximum absolute atomic E-state index is 12.0. The molecule has 5 nitrogen and oxygen atoms in total. The Bertz CT molecular complexity index is 669. The molecule has 2 aromatic rings. The Balaban J connectivity index is 2.23. The van der Waals surface area contributed by atoms with Crippen molar-refractivity contribution in [3.63, 3.8) is 0 Å². The minimum atomic E-state index is -1.06. The van der Waals surface area contributed by atoms with E-state index < -0.39 is 5.97 Å². The number of aromatic carboxylic acids is 1. The molecule has 20 heavy (non-hydrogen) atoms. The summed E-state index contributed by atoms with van der Waals surface area (Å²) in [5, 5.41) is 11.6. The number of carboxylic acids is 1. The number of benzene rings is 1. The number of nitrogens with one attached hydrogen (secondary N) is 1. The van der Waals surface area contributed by atoms with Gasteiger partial charge >= 0.3 is 5.97 Å². The zero-order chi connectivity index (χ0) is 14.7. The Hall–Kier alpha value is -2.21. The van der Waals surface area contributed by atoms with E-state index in [0.29, 0.717) is 15.7 Å². The molecule has 0 atom stereocenters. The molecule has 0 aliphatic heterocycles. The predicted molar refractivity (Wildman–Crippen MR) is 78.0 cm³/mol. The zero-order valence-corrected chi connectivity index (χ0v) is 12.1. The van der Waals surface area contributed by atoms with Crippen LogP contribution in [0.1, 0.15) is 26.4 Å². The van der Waals surface area contributed by atoms with Crippen molar-refractivity contribution >= 4 is 33.5 Å². The summed E-state index contributed by atoms with van der Waals surface area (Å²) in [5.41, 5.74) is 1.73. The first kappa shape index (κ1) is 14.2. The predicted octanol–water partition coefficient (Wildman–Crippen LogP) is 3.10. The highest BCUT2D eigenvalue weighted by Crippen LogP contribution is 2.20. The monoisotopic (exact) mass is 334 g/mol. The highest BCUT2D eigenvalue weighted by Gasteiger charge is 2.10. The van der Waals surface area contributed by atoms with Crippen molar-refractivity contribution in [3.8, 4) is 0 Å². The first-order valence-corrected chi connectivity index (χ1v) is 6.53. The van der Waals surface area contributed by atoms with Gasteiger partial charge in [-0.15, -0.1) is 0 Å². The van der Waals surface area contributed by atoms with Crippen LogP contribution in [0.4, 0.5) is 5.69 Å². The maximum Gasteiger partial charge on any atom is 0.335 e. The number of carbonyl (C=O) groups excluding carboxylic acids is 1. The molecule has 2 N–H and O–H groups in total. The molecule has 2 rings (SSSR count). The molecule has 0 spiro atoms. The second-order valence-electron chi connectivity index (χ2n) is 4.18. The Kier molecular flexibility index (Phi) is 4.14. The number of hydrogen-bond acceptors (Lipinski definition) is 3. The number of halogens is 1. The minimum absolute atomic E-state index is 0.0942. The van der Waals surface area contributed by atoms with E-state index in [4.69, 9.17) is 5.11 Å². The van der Waals surface area contributed by atoms with Gasteiger partial charge in [0, 0.05) is 22.1 Å². The first-order chi connectivity index (χ1) is 9.45. The van der Waals surface area contributed by atoms with Crippen molar-refractivity contribution in [3.05, 3.63) is 57.8 Å².